The van der Waals surface area contributed by atoms with Crippen LogP contribution in [0.2, 0.25) is 0 Å². The summed E-state index contributed by atoms with van der Waals surface area (Å²) in [6.45, 7) is 1.71. The van der Waals surface area contributed by atoms with Crippen LogP contribution in [0.25, 0.3) is 0 Å². The summed E-state index contributed by atoms with van der Waals surface area (Å²) in [6, 6.07) is 5.73. The van der Waals surface area contributed by atoms with E-state index in [1.54, 1.807) is 7.05 Å². The minimum atomic E-state index is 0.521. The van der Waals surface area contributed by atoms with E-state index in [2.05, 4.69) is 20.7 Å². The van der Waals surface area contributed by atoms with E-state index in [1.165, 1.54) is 4.80 Å². The highest BCUT2D eigenvalue weighted by Gasteiger charge is 2.11. The van der Waals surface area contributed by atoms with Crippen molar-refractivity contribution in [2.75, 3.05) is 18.5 Å². The molecular formula is C11H13N5O2. The van der Waals surface area contributed by atoms with Crippen LogP contribution in [-0.2, 0) is 13.6 Å². The van der Waals surface area contributed by atoms with Gasteiger partial charge in [-0.1, -0.05) is 0 Å². The van der Waals surface area contributed by atoms with Gasteiger partial charge >= 0.3 is 0 Å². The van der Waals surface area contributed by atoms with Crippen molar-refractivity contribution in [1.29, 1.82) is 0 Å². The van der Waals surface area contributed by atoms with Crippen molar-refractivity contribution in [3.05, 3.63) is 24.0 Å². The van der Waals surface area contributed by atoms with Crippen molar-refractivity contribution in [3.63, 3.8) is 0 Å². The Morgan fingerprint density at radius 2 is 2.11 bits per heavy atom. The molecule has 0 fully saturated rings. The highest BCUT2D eigenvalue weighted by atomic mass is 16.6. The first-order chi connectivity index (χ1) is 8.81. The third kappa shape index (κ3) is 2.20. The minimum Gasteiger partial charge on any atom is -0.486 e. The summed E-state index contributed by atoms with van der Waals surface area (Å²) < 4.78 is 11.0. The lowest BCUT2D eigenvalue weighted by atomic mass is 10.2. The average molecular weight is 247 g/mol. The van der Waals surface area contributed by atoms with E-state index in [0.717, 1.165) is 17.2 Å². The fraction of sp³-hybridized carbons (Fsp3) is 0.364. The molecule has 0 spiro atoms. The molecule has 0 bridgehead atoms. The molecular weight excluding hydrogens is 234 g/mol. The van der Waals surface area contributed by atoms with E-state index in [0.29, 0.717) is 25.6 Å². The van der Waals surface area contributed by atoms with Gasteiger partial charge in [0.2, 0.25) is 0 Å². The van der Waals surface area contributed by atoms with E-state index in [-0.39, 0.29) is 0 Å². The van der Waals surface area contributed by atoms with Gasteiger partial charge in [-0.25, -0.2) is 0 Å². The number of ether oxygens (including phenoxy) is 2. The molecule has 1 aromatic heterocycles. The molecule has 7 nitrogen and oxygen atoms in total. The number of aromatic nitrogens is 4. The number of hydrogen-bond donors (Lipinski definition) is 1. The SMILES string of the molecule is Cn1nnc(CNc2ccc3c(c2)OCCO3)n1. The number of fused-ring (bicyclic) bond motifs is 1. The van der Waals surface area contributed by atoms with Crippen LogP contribution in [0.1, 0.15) is 5.82 Å². The number of anilines is 1. The Labute approximate surface area is 104 Å². The molecule has 3 rings (SSSR count). The Bertz CT molecular complexity index is 554. The third-order valence-electron chi connectivity index (χ3n) is 2.54. The molecule has 0 atom stereocenters. The van der Waals surface area contributed by atoms with Crippen molar-refractivity contribution in [2.24, 2.45) is 7.05 Å². The van der Waals surface area contributed by atoms with E-state index < -0.39 is 0 Å². The summed E-state index contributed by atoms with van der Waals surface area (Å²) in [6.07, 6.45) is 0. The maximum atomic E-state index is 5.51. The summed E-state index contributed by atoms with van der Waals surface area (Å²) in [4.78, 5) is 1.43. The zero-order chi connectivity index (χ0) is 12.4. The quantitative estimate of drug-likeness (QED) is 0.855. The Balaban J connectivity index is 1.69. The number of aryl methyl sites for hydroxylation is 1. The fourth-order valence-corrected chi connectivity index (χ4v) is 1.73. The second kappa shape index (κ2) is 4.52. The topological polar surface area (TPSA) is 74.1 Å². The monoisotopic (exact) mass is 247 g/mol. The standard InChI is InChI=1S/C11H13N5O2/c1-16-14-11(13-15-16)7-12-8-2-3-9-10(6-8)18-5-4-17-9/h2-3,6,12H,4-5,7H2,1H3. The van der Waals surface area contributed by atoms with Crippen LogP contribution in [0.3, 0.4) is 0 Å². The Hall–Kier alpha value is -2.31. The van der Waals surface area contributed by atoms with Crippen molar-refractivity contribution in [3.8, 4) is 11.5 Å². The van der Waals surface area contributed by atoms with Gasteiger partial charge in [-0.05, 0) is 17.3 Å². The fourth-order valence-electron chi connectivity index (χ4n) is 1.73. The van der Waals surface area contributed by atoms with Crippen LogP contribution in [0.4, 0.5) is 5.69 Å². The maximum absolute atomic E-state index is 5.51. The summed E-state index contributed by atoms with van der Waals surface area (Å²) in [7, 11) is 1.74. The first kappa shape index (κ1) is 10.8. The van der Waals surface area contributed by atoms with Gasteiger partial charge in [0.05, 0.1) is 13.6 Å². The summed E-state index contributed by atoms with van der Waals surface area (Å²) >= 11 is 0. The van der Waals surface area contributed by atoms with Crippen LogP contribution in [-0.4, -0.2) is 33.4 Å². The van der Waals surface area contributed by atoms with Gasteiger partial charge in [-0.2, -0.15) is 4.80 Å². The molecule has 1 aliphatic heterocycles. The van der Waals surface area contributed by atoms with E-state index in [4.69, 9.17) is 9.47 Å². The normalized spacial score (nSPS) is 13.4. The molecule has 1 aromatic carbocycles. The van der Waals surface area contributed by atoms with Crippen molar-refractivity contribution in [1.82, 2.24) is 20.2 Å². The van der Waals surface area contributed by atoms with Gasteiger partial charge in [0, 0.05) is 11.8 Å². The van der Waals surface area contributed by atoms with Gasteiger partial charge in [-0.15, -0.1) is 10.2 Å². The lowest BCUT2D eigenvalue weighted by Crippen LogP contribution is -2.15. The number of benzene rings is 1. The summed E-state index contributed by atoms with van der Waals surface area (Å²) in [5.74, 6) is 2.19. The molecule has 0 amide bonds. The lowest BCUT2D eigenvalue weighted by molar-refractivity contribution is 0.171. The minimum absolute atomic E-state index is 0.521. The zero-order valence-corrected chi connectivity index (χ0v) is 9.96. The van der Waals surface area contributed by atoms with E-state index in [1.807, 2.05) is 18.2 Å². The molecule has 1 N–H and O–H groups in total. The molecule has 0 unspecified atom stereocenters. The van der Waals surface area contributed by atoms with Crippen LogP contribution in [0.15, 0.2) is 18.2 Å². The summed E-state index contributed by atoms with van der Waals surface area (Å²) in [5.41, 5.74) is 0.937. The number of hydrogen-bond acceptors (Lipinski definition) is 6. The molecule has 0 radical (unpaired) electrons. The smallest absolute Gasteiger partial charge is 0.193 e. The third-order valence-corrected chi connectivity index (χ3v) is 2.54. The second-order valence-corrected chi connectivity index (χ2v) is 3.91. The Morgan fingerprint density at radius 3 is 2.89 bits per heavy atom. The van der Waals surface area contributed by atoms with Gasteiger partial charge in [0.15, 0.2) is 17.3 Å². The first-order valence-corrected chi connectivity index (χ1v) is 5.68. The van der Waals surface area contributed by atoms with Gasteiger partial charge in [-0.3, -0.25) is 0 Å². The lowest BCUT2D eigenvalue weighted by Gasteiger charge is -2.19. The van der Waals surface area contributed by atoms with Crippen molar-refractivity contribution in [2.45, 2.75) is 6.54 Å². The van der Waals surface area contributed by atoms with Gasteiger partial charge < -0.3 is 14.8 Å². The van der Waals surface area contributed by atoms with Crippen molar-refractivity contribution < 1.29 is 9.47 Å². The molecule has 0 aliphatic carbocycles. The molecule has 0 saturated carbocycles. The highest BCUT2D eigenvalue weighted by Crippen LogP contribution is 2.32. The Morgan fingerprint density at radius 1 is 1.28 bits per heavy atom. The molecule has 0 saturated heterocycles. The number of tetrazole rings is 1. The predicted molar refractivity (Wildman–Crippen MR) is 63.6 cm³/mol. The largest absolute Gasteiger partial charge is 0.486 e. The average Bonchev–Trinajstić information content (AvgIpc) is 2.82. The Kier molecular flexibility index (Phi) is 2.71. The second-order valence-electron chi connectivity index (χ2n) is 3.91. The number of nitrogens with one attached hydrogen (secondary N) is 1. The number of nitrogens with zero attached hydrogens (tertiary/aromatic N) is 4. The molecule has 18 heavy (non-hydrogen) atoms. The van der Waals surface area contributed by atoms with E-state index in [9.17, 15) is 0 Å². The molecule has 94 valence electrons. The first-order valence-electron chi connectivity index (χ1n) is 5.68. The number of rotatable bonds is 3. The van der Waals surface area contributed by atoms with Gasteiger partial charge in [0.25, 0.3) is 0 Å². The maximum Gasteiger partial charge on any atom is 0.193 e. The molecule has 2 aromatic rings. The van der Waals surface area contributed by atoms with E-state index >= 15 is 0 Å². The van der Waals surface area contributed by atoms with Crippen LogP contribution in [0, 0.1) is 0 Å². The van der Waals surface area contributed by atoms with Crippen LogP contribution < -0.4 is 14.8 Å². The van der Waals surface area contributed by atoms with Gasteiger partial charge in [0.1, 0.15) is 13.2 Å². The molecule has 2 heterocycles. The van der Waals surface area contributed by atoms with Crippen LogP contribution >= 0.6 is 0 Å². The highest BCUT2D eigenvalue weighted by molar-refractivity contribution is 5.55. The predicted octanol–water partition coefficient (Wildman–Crippen LogP) is 0.593. The molecule has 1 aliphatic rings. The van der Waals surface area contributed by atoms with Crippen molar-refractivity contribution >= 4 is 5.69 Å². The molecule has 7 heteroatoms. The zero-order valence-electron chi connectivity index (χ0n) is 9.96. The van der Waals surface area contributed by atoms with Crippen LogP contribution in [0.5, 0.6) is 11.5 Å². The summed E-state index contributed by atoms with van der Waals surface area (Å²) in [5, 5.41) is 15.0.